The Bertz CT molecular complexity index is 1500. The molecule has 0 saturated carbocycles. The van der Waals surface area contributed by atoms with Crippen molar-refractivity contribution in [2.45, 2.75) is 95.8 Å². The van der Waals surface area contributed by atoms with Crippen molar-refractivity contribution in [1.82, 2.24) is 19.6 Å². The van der Waals surface area contributed by atoms with Crippen LogP contribution in [-0.4, -0.2) is 88.8 Å². The molecule has 0 aromatic heterocycles. The molecule has 4 amide bonds. The number of halogens is 1. The van der Waals surface area contributed by atoms with Crippen LogP contribution in [0.5, 0.6) is 0 Å². The fourth-order valence-electron chi connectivity index (χ4n) is 9.45. The summed E-state index contributed by atoms with van der Waals surface area (Å²) in [6.07, 6.45) is 9.42. The van der Waals surface area contributed by atoms with E-state index in [2.05, 4.69) is 17.3 Å². The summed E-state index contributed by atoms with van der Waals surface area (Å²) in [5.41, 5.74) is 10.5. The quantitative estimate of drug-likeness (QED) is 0.355. The van der Waals surface area contributed by atoms with Crippen LogP contribution in [0, 0.1) is 24.7 Å². The van der Waals surface area contributed by atoms with Crippen LogP contribution in [0.2, 0.25) is 5.02 Å². The molecular weight excluding hydrogens is 624 g/mol. The van der Waals surface area contributed by atoms with Crippen molar-refractivity contribution in [3.63, 3.8) is 0 Å². The first-order chi connectivity index (χ1) is 23.1. The minimum atomic E-state index is -0.464. The van der Waals surface area contributed by atoms with E-state index < -0.39 is 5.92 Å². The van der Waals surface area contributed by atoms with Gasteiger partial charge in [-0.15, -0.1) is 0 Å². The first kappa shape index (κ1) is 33.2. The van der Waals surface area contributed by atoms with Crippen LogP contribution in [0.4, 0.5) is 16.2 Å². The number of benzene rings is 2. The number of nitrogens with zero attached hydrogens (tertiary/aromatic N) is 4. The fourth-order valence-corrected chi connectivity index (χ4v) is 9.74. The van der Waals surface area contributed by atoms with Gasteiger partial charge in [-0.25, -0.2) is 4.79 Å². The van der Waals surface area contributed by atoms with Crippen LogP contribution in [0.15, 0.2) is 36.4 Å². The summed E-state index contributed by atoms with van der Waals surface area (Å²) >= 11 is 6.47. The van der Waals surface area contributed by atoms with Crippen LogP contribution in [0.3, 0.4) is 0 Å². The molecule has 0 aliphatic carbocycles. The van der Waals surface area contributed by atoms with Gasteiger partial charge in [-0.1, -0.05) is 35.9 Å². The summed E-state index contributed by atoms with van der Waals surface area (Å²) in [5.74, 6) is 1.07. The van der Waals surface area contributed by atoms with Gasteiger partial charge in [0.05, 0.1) is 16.6 Å². The molecule has 0 spiro atoms. The summed E-state index contributed by atoms with van der Waals surface area (Å²) < 4.78 is 0. The lowest BCUT2D eigenvalue weighted by Gasteiger charge is -2.43. The molecule has 2 aromatic carbocycles. The molecule has 2 bridgehead atoms. The van der Waals surface area contributed by atoms with Crippen molar-refractivity contribution < 1.29 is 14.4 Å². The number of piperidine rings is 3. The highest BCUT2D eigenvalue weighted by molar-refractivity contribution is 6.33. The molecule has 4 fully saturated rings. The van der Waals surface area contributed by atoms with Crippen LogP contribution < -0.4 is 11.1 Å². The van der Waals surface area contributed by atoms with E-state index >= 15 is 0 Å². The largest absolute Gasteiger partial charge is 0.397 e. The van der Waals surface area contributed by atoms with Gasteiger partial charge in [0.1, 0.15) is 0 Å². The first-order valence-electron chi connectivity index (χ1n) is 18.1. The predicted molar refractivity (Wildman–Crippen MR) is 190 cm³/mol. The number of anilines is 2. The van der Waals surface area contributed by atoms with Gasteiger partial charge in [-0.3, -0.25) is 9.59 Å². The Morgan fingerprint density at radius 2 is 1.58 bits per heavy atom. The Morgan fingerprint density at radius 3 is 2.27 bits per heavy atom. The molecule has 0 radical (unpaired) electrons. The van der Waals surface area contributed by atoms with Crippen LogP contribution >= 0.6 is 11.6 Å². The van der Waals surface area contributed by atoms with Crippen LogP contribution in [0.25, 0.3) is 0 Å². The number of fused-ring (bicyclic) bond motifs is 3. The minimum Gasteiger partial charge on any atom is -0.397 e. The maximum absolute atomic E-state index is 14.2. The van der Waals surface area contributed by atoms with Crippen molar-refractivity contribution in [3.8, 4) is 0 Å². The van der Waals surface area contributed by atoms with E-state index in [1.807, 2.05) is 58.0 Å². The Morgan fingerprint density at radius 1 is 0.917 bits per heavy atom. The number of hydrogen-bond acceptors (Lipinski definition) is 5. The molecule has 3 atom stereocenters. The molecule has 10 heteroatoms. The van der Waals surface area contributed by atoms with Gasteiger partial charge in [-0.2, -0.15) is 0 Å². The number of hydrogen-bond donors (Lipinski definition) is 2. The van der Waals surface area contributed by atoms with Crippen molar-refractivity contribution in [2.75, 3.05) is 44.3 Å². The first-order valence-corrected chi connectivity index (χ1v) is 18.5. The van der Waals surface area contributed by atoms with E-state index in [1.54, 1.807) is 0 Å². The molecule has 5 aliphatic rings. The maximum atomic E-state index is 14.2. The summed E-state index contributed by atoms with van der Waals surface area (Å²) in [5, 5.41) is 3.51. The number of nitrogens with two attached hydrogens (primary N) is 1. The van der Waals surface area contributed by atoms with Gasteiger partial charge in [0.2, 0.25) is 11.8 Å². The van der Waals surface area contributed by atoms with Crippen molar-refractivity contribution in [1.29, 1.82) is 0 Å². The topological polar surface area (TPSA) is 102 Å². The van der Waals surface area contributed by atoms with Gasteiger partial charge in [0, 0.05) is 63.0 Å². The molecule has 5 heterocycles. The molecule has 4 saturated heterocycles. The van der Waals surface area contributed by atoms with E-state index in [0.29, 0.717) is 42.7 Å². The molecular formula is C38H51ClN6O3. The number of aryl methyl sites for hydroxylation is 1. The standard InChI is InChI=1S/C38H51ClN6O3/c1-24-17-25(19-33(39)36(24)40)18-29(37(47)44-13-9-26(10-14-44)28-20-31-7-8-32(21-28)42(31)2)22-35(46)43-15-11-30(12-16-43)45-23-27-5-3-4-6-34(27)41-38(45)48/h3-6,17,19,26,28-32H,7-16,18,20-23,40H2,1-2H3,(H,41,48)/t28?,29-,31?,32?/m0/s1. The molecule has 7 rings (SSSR count). The number of para-hydroxylation sites is 1. The maximum Gasteiger partial charge on any atom is 0.322 e. The van der Waals surface area contributed by atoms with E-state index in [0.717, 1.165) is 79.2 Å². The second-order valence-electron chi connectivity index (χ2n) is 15.2. The SMILES string of the molecule is Cc1cc(C[C@@H](CC(=O)N2CCC(N3Cc4ccccc4NC3=O)CC2)C(=O)N2CCC(C3CC4CCC(C3)N4C)CC2)cc(Cl)c1N. The van der Waals surface area contributed by atoms with Gasteiger partial charge in [0.15, 0.2) is 0 Å². The Balaban J connectivity index is 0.987. The molecule has 48 heavy (non-hydrogen) atoms. The number of urea groups is 1. The molecule has 258 valence electrons. The second kappa shape index (κ2) is 13.9. The highest BCUT2D eigenvalue weighted by Gasteiger charge is 2.42. The monoisotopic (exact) mass is 674 g/mol. The number of nitrogens with one attached hydrogen (secondary N) is 1. The van der Waals surface area contributed by atoms with Crippen LogP contribution in [-0.2, 0) is 22.6 Å². The van der Waals surface area contributed by atoms with Gasteiger partial charge < -0.3 is 30.7 Å². The van der Waals surface area contributed by atoms with Crippen molar-refractivity contribution in [3.05, 3.63) is 58.1 Å². The van der Waals surface area contributed by atoms with Crippen molar-refractivity contribution >= 4 is 40.8 Å². The highest BCUT2D eigenvalue weighted by Crippen LogP contribution is 2.43. The second-order valence-corrected chi connectivity index (χ2v) is 15.6. The Hall–Kier alpha value is -3.30. The molecule has 2 aromatic rings. The number of amides is 4. The third-order valence-corrected chi connectivity index (χ3v) is 12.7. The third kappa shape index (κ3) is 6.77. The molecule has 3 N–H and O–H groups in total. The van der Waals surface area contributed by atoms with E-state index in [4.69, 9.17) is 17.3 Å². The summed E-state index contributed by atoms with van der Waals surface area (Å²) in [7, 11) is 2.30. The van der Waals surface area contributed by atoms with E-state index in [1.165, 1.54) is 25.7 Å². The number of likely N-dealkylation sites (tertiary alicyclic amines) is 2. The fraction of sp³-hybridized carbons (Fsp3) is 0.605. The molecule has 2 unspecified atom stereocenters. The number of carbonyl (C=O) groups is 3. The Labute approximate surface area is 290 Å². The average molecular weight is 675 g/mol. The molecule has 9 nitrogen and oxygen atoms in total. The van der Waals surface area contributed by atoms with Gasteiger partial charge >= 0.3 is 6.03 Å². The minimum absolute atomic E-state index is 0.00944. The van der Waals surface area contributed by atoms with Crippen molar-refractivity contribution in [2.24, 2.45) is 17.8 Å². The lowest BCUT2D eigenvalue weighted by Crippen LogP contribution is -2.51. The highest BCUT2D eigenvalue weighted by atomic mass is 35.5. The smallest absolute Gasteiger partial charge is 0.322 e. The predicted octanol–water partition coefficient (Wildman–Crippen LogP) is 5.93. The summed E-state index contributed by atoms with van der Waals surface area (Å²) in [4.78, 5) is 49.4. The zero-order chi connectivity index (χ0) is 33.5. The number of carbonyl (C=O) groups excluding carboxylic acids is 3. The third-order valence-electron chi connectivity index (χ3n) is 12.4. The van der Waals surface area contributed by atoms with Crippen LogP contribution in [0.1, 0.15) is 74.5 Å². The Kier molecular flexibility index (Phi) is 9.62. The number of nitrogen functional groups attached to an aromatic ring is 1. The summed E-state index contributed by atoms with van der Waals surface area (Å²) in [6, 6.07) is 13.2. The lowest BCUT2D eigenvalue weighted by molar-refractivity contribution is -0.143. The van der Waals surface area contributed by atoms with Gasteiger partial charge in [-0.05, 0) is 112 Å². The molecule has 5 aliphatic heterocycles. The summed E-state index contributed by atoms with van der Waals surface area (Å²) in [6.45, 7) is 5.20. The zero-order valence-electron chi connectivity index (χ0n) is 28.5. The average Bonchev–Trinajstić information content (AvgIpc) is 3.28. The van der Waals surface area contributed by atoms with E-state index in [9.17, 15) is 14.4 Å². The lowest BCUT2D eigenvalue weighted by atomic mass is 9.76. The zero-order valence-corrected chi connectivity index (χ0v) is 29.3. The normalized spacial score (nSPS) is 25.9. The van der Waals surface area contributed by atoms with E-state index in [-0.39, 0.29) is 30.3 Å². The van der Waals surface area contributed by atoms with Gasteiger partial charge in [0.25, 0.3) is 0 Å². The number of rotatable bonds is 7.